The average molecular weight is 252 g/mol. The Morgan fingerprint density at radius 2 is 2.33 bits per heavy atom. The zero-order valence-corrected chi connectivity index (χ0v) is 9.74. The molecule has 0 spiro atoms. The first-order chi connectivity index (χ1) is 8.52. The Balaban J connectivity index is 2.23. The molecule has 0 aromatic carbocycles. The molecule has 0 radical (unpaired) electrons. The fraction of sp³-hybridized carbons (Fsp3) is 0.444. The summed E-state index contributed by atoms with van der Waals surface area (Å²) in [5, 5.41) is 10.6. The number of rotatable bonds is 3. The molecule has 0 saturated carbocycles. The van der Waals surface area contributed by atoms with E-state index >= 15 is 0 Å². The maximum Gasteiger partial charge on any atom is 0.329 e. The minimum Gasteiger partial charge on any atom is -0.378 e. The van der Waals surface area contributed by atoms with Crippen molar-refractivity contribution in [2.24, 2.45) is 0 Å². The number of anilines is 2. The van der Waals surface area contributed by atoms with Gasteiger partial charge in [-0.1, -0.05) is 0 Å². The lowest BCUT2D eigenvalue weighted by Crippen LogP contribution is -2.27. The van der Waals surface area contributed by atoms with Crippen LogP contribution < -0.4 is 10.6 Å². The minimum absolute atomic E-state index is 0.0296. The zero-order valence-electron chi connectivity index (χ0n) is 9.74. The molecular formula is C9H12N6O3. The summed E-state index contributed by atoms with van der Waals surface area (Å²) in [5.41, 5.74) is 5.14. The topological polar surface area (TPSA) is 118 Å². The molecule has 1 amide bonds. The van der Waals surface area contributed by atoms with Gasteiger partial charge in [-0.05, 0) is 6.92 Å². The number of hydrogen-bond acceptors (Lipinski definition) is 7. The second kappa shape index (κ2) is 4.43. The Morgan fingerprint density at radius 1 is 1.61 bits per heavy atom. The molecule has 1 aliphatic rings. The van der Waals surface area contributed by atoms with E-state index in [0.717, 1.165) is 6.20 Å². The van der Waals surface area contributed by atoms with Crippen molar-refractivity contribution in [3.05, 3.63) is 16.3 Å². The van der Waals surface area contributed by atoms with E-state index in [4.69, 9.17) is 5.73 Å². The van der Waals surface area contributed by atoms with Crippen LogP contribution in [0.1, 0.15) is 6.92 Å². The van der Waals surface area contributed by atoms with Crippen molar-refractivity contribution in [2.75, 3.05) is 30.4 Å². The molecule has 9 nitrogen and oxygen atoms in total. The molecule has 1 fully saturated rings. The van der Waals surface area contributed by atoms with Gasteiger partial charge < -0.3 is 15.5 Å². The molecule has 1 aromatic rings. The second-order valence-corrected chi connectivity index (χ2v) is 3.79. The Hall–Kier alpha value is -2.45. The molecule has 0 aliphatic carbocycles. The van der Waals surface area contributed by atoms with E-state index in [-0.39, 0.29) is 29.9 Å². The smallest absolute Gasteiger partial charge is 0.329 e. The van der Waals surface area contributed by atoms with Crippen molar-refractivity contribution in [1.82, 2.24) is 14.9 Å². The van der Waals surface area contributed by atoms with Crippen molar-refractivity contribution < 1.29 is 9.72 Å². The van der Waals surface area contributed by atoms with Gasteiger partial charge in [0.15, 0.2) is 0 Å². The molecule has 9 heteroatoms. The van der Waals surface area contributed by atoms with Crippen LogP contribution in [0.25, 0.3) is 0 Å². The lowest BCUT2D eigenvalue weighted by molar-refractivity contribution is -0.384. The van der Waals surface area contributed by atoms with Crippen LogP contribution >= 0.6 is 0 Å². The summed E-state index contributed by atoms with van der Waals surface area (Å²) in [6.07, 6.45) is 1.05. The third-order valence-electron chi connectivity index (χ3n) is 2.67. The van der Waals surface area contributed by atoms with Crippen molar-refractivity contribution in [3.8, 4) is 0 Å². The van der Waals surface area contributed by atoms with Gasteiger partial charge in [0, 0.05) is 6.54 Å². The number of likely N-dealkylation sites (N-methyl/N-ethyl adjacent to an activating group) is 1. The first-order valence-electron chi connectivity index (χ1n) is 5.32. The Kier molecular flexibility index (Phi) is 2.96. The lowest BCUT2D eigenvalue weighted by atomic mass is 10.5. The SMILES string of the molecule is CCN1CN(c2ncc([N+](=O)[O-])c(N)n2)CC1=O. The number of amides is 1. The first-order valence-corrected chi connectivity index (χ1v) is 5.32. The number of nitrogens with zero attached hydrogens (tertiary/aromatic N) is 5. The van der Waals surface area contributed by atoms with E-state index in [9.17, 15) is 14.9 Å². The van der Waals surface area contributed by atoms with Crippen LogP contribution in [0, 0.1) is 10.1 Å². The summed E-state index contributed by atoms with van der Waals surface area (Å²) in [6, 6.07) is 0. The number of nitrogen functional groups attached to an aromatic ring is 1. The van der Waals surface area contributed by atoms with E-state index in [0.29, 0.717) is 13.2 Å². The number of carbonyl (C=O) groups is 1. The maximum atomic E-state index is 11.5. The number of carbonyl (C=O) groups excluding carboxylic acids is 1. The van der Waals surface area contributed by atoms with Gasteiger partial charge in [-0.15, -0.1) is 0 Å². The molecular weight excluding hydrogens is 240 g/mol. The molecule has 2 rings (SSSR count). The standard InChI is InChI=1S/C9H12N6O3/c1-2-13-5-14(4-7(13)16)9-11-3-6(15(17)18)8(10)12-9/h3H,2,4-5H2,1H3,(H2,10,11,12). The van der Waals surface area contributed by atoms with E-state index in [1.165, 1.54) is 0 Å². The summed E-state index contributed by atoms with van der Waals surface area (Å²) in [4.78, 5) is 32.4. The summed E-state index contributed by atoms with van der Waals surface area (Å²) < 4.78 is 0. The monoisotopic (exact) mass is 252 g/mol. The molecule has 96 valence electrons. The summed E-state index contributed by atoms with van der Waals surface area (Å²) in [5.74, 6) is -0.00665. The third kappa shape index (κ3) is 2.01. The predicted molar refractivity (Wildman–Crippen MR) is 62.7 cm³/mol. The molecule has 1 aliphatic heterocycles. The number of nitrogens with two attached hydrogens (primary N) is 1. The van der Waals surface area contributed by atoms with Crippen LogP contribution in [0.15, 0.2) is 6.20 Å². The quantitative estimate of drug-likeness (QED) is 0.573. The van der Waals surface area contributed by atoms with Crippen molar-refractivity contribution in [3.63, 3.8) is 0 Å². The first kappa shape index (κ1) is 12.0. The van der Waals surface area contributed by atoms with Gasteiger partial charge in [0.25, 0.3) is 0 Å². The summed E-state index contributed by atoms with van der Waals surface area (Å²) in [7, 11) is 0. The molecule has 0 bridgehead atoms. The van der Waals surface area contributed by atoms with Crippen LogP contribution in [0.2, 0.25) is 0 Å². The highest BCUT2D eigenvalue weighted by atomic mass is 16.6. The van der Waals surface area contributed by atoms with Gasteiger partial charge in [0.2, 0.25) is 17.7 Å². The molecule has 0 unspecified atom stereocenters. The van der Waals surface area contributed by atoms with Gasteiger partial charge in [-0.2, -0.15) is 4.98 Å². The highest BCUT2D eigenvalue weighted by molar-refractivity contribution is 5.84. The molecule has 2 heterocycles. The molecule has 1 saturated heterocycles. The van der Waals surface area contributed by atoms with Crippen molar-refractivity contribution in [1.29, 1.82) is 0 Å². The molecule has 18 heavy (non-hydrogen) atoms. The van der Waals surface area contributed by atoms with Crippen LogP contribution in [-0.2, 0) is 4.79 Å². The maximum absolute atomic E-state index is 11.5. The van der Waals surface area contributed by atoms with E-state index in [1.807, 2.05) is 6.92 Å². The van der Waals surface area contributed by atoms with E-state index < -0.39 is 4.92 Å². The van der Waals surface area contributed by atoms with Gasteiger partial charge in [0.05, 0.1) is 11.6 Å². The summed E-state index contributed by atoms with van der Waals surface area (Å²) >= 11 is 0. The largest absolute Gasteiger partial charge is 0.378 e. The van der Waals surface area contributed by atoms with Gasteiger partial charge in [0.1, 0.15) is 12.7 Å². The highest BCUT2D eigenvalue weighted by Gasteiger charge is 2.28. The molecule has 1 aromatic heterocycles. The lowest BCUT2D eigenvalue weighted by Gasteiger charge is -2.16. The van der Waals surface area contributed by atoms with Gasteiger partial charge in [-0.25, -0.2) is 4.98 Å². The fourth-order valence-electron chi connectivity index (χ4n) is 1.68. The molecule has 2 N–H and O–H groups in total. The predicted octanol–water partition coefficient (Wildman–Crippen LogP) is -0.407. The zero-order chi connectivity index (χ0) is 13.3. The Labute approximate surface area is 102 Å². The van der Waals surface area contributed by atoms with E-state index in [2.05, 4.69) is 9.97 Å². The normalized spacial score (nSPS) is 15.3. The number of hydrogen-bond donors (Lipinski definition) is 1. The number of nitro groups is 1. The van der Waals surface area contributed by atoms with Gasteiger partial charge >= 0.3 is 5.69 Å². The van der Waals surface area contributed by atoms with E-state index in [1.54, 1.807) is 9.80 Å². The average Bonchev–Trinajstić information content (AvgIpc) is 2.70. The van der Waals surface area contributed by atoms with Gasteiger partial charge in [-0.3, -0.25) is 14.9 Å². The van der Waals surface area contributed by atoms with Crippen LogP contribution in [0.3, 0.4) is 0 Å². The van der Waals surface area contributed by atoms with Crippen molar-refractivity contribution in [2.45, 2.75) is 6.92 Å². The van der Waals surface area contributed by atoms with Crippen LogP contribution in [0.4, 0.5) is 17.5 Å². The third-order valence-corrected chi connectivity index (χ3v) is 2.67. The Morgan fingerprint density at radius 3 is 2.83 bits per heavy atom. The van der Waals surface area contributed by atoms with Crippen LogP contribution in [-0.4, -0.2) is 45.5 Å². The van der Waals surface area contributed by atoms with Crippen molar-refractivity contribution >= 4 is 23.4 Å². The van der Waals surface area contributed by atoms with Crippen LogP contribution in [0.5, 0.6) is 0 Å². The Bertz CT molecular complexity index is 505. The highest BCUT2D eigenvalue weighted by Crippen LogP contribution is 2.21. The summed E-state index contributed by atoms with van der Waals surface area (Å²) in [6.45, 7) is 2.99. The second-order valence-electron chi connectivity index (χ2n) is 3.79. The fourth-order valence-corrected chi connectivity index (χ4v) is 1.68. The number of aromatic nitrogens is 2. The minimum atomic E-state index is -0.646. The molecule has 0 atom stereocenters.